The van der Waals surface area contributed by atoms with Gasteiger partial charge in [0.25, 0.3) is 0 Å². The molecule has 15 heavy (non-hydrogen) atoms. The van der Waals surface area contributed by atoms with Gasteiger partial charge in [0.2, 0.25) is 0 Å². The molecular weight excluding hydrogens is 184 g/mol. The van der Waals surface area contributed by atoms with Crippen molar-refractivity contribution in [3.8, 4) is 0 Å². The van der Waals surface area contributed by atoms with Gasteiger partial charge in [0.05, 0.1) is 0 Å². The summed E-state index contributed by atoms with van der Waals surface area (Å²) in [5, 5.41) is 0. The van der Waals surface area contributed by atoms with Crippen molar-refractivity contribution in [1.82, 2.24) is 0 Å². The first kappa shape index (κ1) is 10.5. The first-order valence-electron chi connectivity index (χ1n) is 5.75. The third-order valence-electron chi connectivity index (χ3n) is 3.58. The second-order valence-electron chi connectivity index (χ2n) is 4.55. The predicted molar refractivity (Wildman–Crippen MR) is 65.1 cm³/mol. The van der Waals surface area contributed by atoms with E-state index in [1.54, 1.807) is 0 Å². The van der Waals surface area contributed by atoms with Crippen LogP contribution in [0.4, 0.5) is 5.69 Å². The molecule has 1 aliphatic heterocycles. The van der Waals surface area contributed by atoms with E-state index in [4.69, 9.17) is 5.73 Å². The Morgan fingerprint density at radius 2 is 2.00 bits per heavy atom. The summed E-state index contributed by atoms with van der Waals surface area (Å²) in [6.07, 6.45) is 1.23. The van der Waals surface area contributed by atoms with Crippen molar-refractivity contribution in [3.63, 3.8) is 0 Å². The highest BCUT2D eigenvalue weighted by Crippen LogP contribution is 2.29. The van der Waals surface area contributed by atoms with Gasteiger partial charge >= 0.3 is 0 Å². The number of hydrogen-bond donors (Lipinski definition) is 1. The summed E-state index contributed by atoms with van der Waals surface area (Å²) in [5.74, 6) is 0.659. The van der Waals surface area contributed by atoms with Crippen LogP contribution in [0.2, 0.25) is 0 Å². The van der Waals surface area contributed by atoms with E-state index in [-0.39, 0.29) is 0 Å². The van der Waals surface area contributed by atoms with Crippen molar-refractivity contribution in [1.29, 1.82) is 0 Å². The molecule has 1 aromatic carbocycles. The summed E-state index contributed by atoms with van der Waals surface area (Å²) in [7, 11) is 0. The number of benzene rings is 1. The lowest BCUT2D eigenvalue weighted by Crippen LogP contribution is -2.32. The normalized spacial score (nSPS) is 25.9. The van der Waals surface area contributed by atoms with Gasteiger partial charge in [-0.3, -0.25) is 0 Å². The molecule has 82 valence electrons. The first-order chi connectivity index (χ1) is 7.22. The molecule has 2 heteroatoms. The number of aryl methyl sites for hydroxylation is 1. The topological polar surface area (TPSA) is 29.3 Å². The van der Waals surface area contributed by atoms with Crippen molar-refractivity contribution in [2.75, 3.05) is 18.0 Å². The third-order valence-corrected chi connectivity index (χ3v) is 3.58. The second-order valence-corrected chi connectivity index (χ2v) is 4.55. The maximum absolute atomic E-state index is 5.76. The number of hydrogen-bond acceptors (Lipinski definition) is 2. The van der Waals surface area contributed by atoms with Crippen LogP contribution in [0, 0.1) is 12.8 Å². The standard InChI is InChI=1S/C13H20N2/c1-10-3-5-13(6-4-10)15-8-7-12(9-14)11(15)2/h3-6,11-12H,7-9,14H2,1-2H3. The Morgan fingerprint density at radius 3 is 2.53 bits per heavy atom. The third kappa shape index (κ3) is 2.00. The Balaban J connectivity index is 2.15. The zero-order valence-electron chi connectivity index (χ0n) is 9.61. The van der Waals surface area contributed by atoms with Crippen LogP contribution >= 0.6 is 0 Å². The Hall–Kier alpha value is -1.02. The van der Waals surface area contributed by atoms with E-state index in [0.29, 0.717) is 12.0 Å². The Kier molecular flexibility index (Phi) is 2.96. The molecule has 0 saturated carbocycles. The van der Waals surface area contributed by atoms with Gasteiger partial charge in [-0.05, 0) is 44.9 Å². The van der Waals surface area contributed by atoms with E-state index in [0.717, 1.165) is 13.1 Å². The van der Waals surface area contributed by atoms with Crippen LogP contribution in [0.15, 0.2) is 24.3 Å². The number of nitrogens with two attached hydrogens (primary N) is 1. The monoisotopic (exact) mass is 204 g/mol. The molecule has 2 rings (SSSR count). The Morgan fingerprint density at radius 1 is 1.33 bits per heavy atom. The summed E-state index contributed by atoms with van der Waals surface area (Å²) in [5.41, 5.74) is 8.42. The highest BCUT2D eigenvalue weighted by Gasteiger charge is 2.29. The van der Waals surface area contributed by atoms with Gasteiger partial charge in [0.1, 0.15) is 0 Å². The minimum atomic E-state index is 0.581. The van der Waals surface area contributed by atoms with E-state index < -0.39 is 0 Å². The van der Waals surface area contributed by atoms with Crippen molar-refractivity contribution in [3.05, 3.63) is 29.8 Å². The van der Waals surface area contributed by atoms with E-state index in [1.807, 2.05) is 0 Å². The molecular formula is C13H20N2. The summed E-state index contributed by atoms with van der Waals surface area (Å²) in [6.45, 7) is 6.36. The molecule has 0 aliphatic carbocycles. The van der Waals surface area contributed by atoms with E-state index in [2.05, 4.69) is 43.0 Å². The van der Waals surface area contributed by atoms with Gasteiger partial charge < -0.3 is 10.6 Å². The number of anilines is 1. The molecule has 0 radical (unpaired) electrons. The highest BCUT2D eigenvalue weighted by molar-refractivity contribution is 5.49. The SMILES string of the molecule is Cc1ccc(N2CCC(CN)C2C)cc1. The van der Waals surface area contributed by atoms with Crippen molar-refractivity contribution in [2.24, 2.45) is 11.7 Å². The smallest absolute Gasteiger partial charge is 0.0368 e. The largest absolute Gasteiger partial charge is 0.368 e. The maximum Gasteiger partial charge on any atom is 0.0368 e. The van der Waals surface area contributed by atoms with Crippen LogP contribution in [-0.2, 0) is 0 Å². The van der Waals surface area contributed by atoms with Crippen LogP contribution in [0.3, 0.4) is 0 Å². The maximum atomic E-state index is 5.76. The van der Waals surface area contributed by atoms with Crippen molar-refractivity contribution < 1.29 is 0 Å². The molecule has 2 nitrogen and oxygen atoms in total. The zero-order valence-corrected chi connectivity index (χ0v) is 9.61. The van der Waals surface area contributed by atoms with Crippen LogP contribution in [0.5, 0.6) is 0 Å². The molecule has 1 aromatic rings. The van der Waals surface area contributed by atoms with Gasteiger partial charge in [-0.25, -0.2) is 0 Å². The molecule has 0 spiro atoms. The molecule has 2 unspecified atom stereocenters. The van der Waals surface area contributed by atoms with Gasteiger partial charge in [-0.15, -0.1) is 0 Å². The molecule has 1 fully saturated rings. The first-order valence-corrected chi connectivity index (χ1v) is 5.75. The minimum Gasteiger partial charge on any atom is -0.368 e. The quantitative estimate of drug-likeness (QED) is 0.800. The van der Waals surface area contributed by atoms with Crippen LogP contribution < -0.4 is 10.6 Å². The average Bonchev–Trinajstić information content (AvgIpc) is 2.61. The molecule has 1 aliphatic rings. The summed E-state index contributed by atoms with van der Waals surface area (Å²) in [6, 6.07) is 9.36. The fourth-order valence-corrected chi connectivity index (χ4v) is 2.42. The van der Waals surface area contributed by atoms with E-state index in [9.17, 15) is 0 Å². The van der Waals surface area contributed by atoms with Crippen molar-refractivity contribution >= 4 is 5.69 Å². The van der Waals surface area contributed by atoms with Gasteiger partial charge in [-0.2, -0.15) is 0 Å². The highest BCUT2D eigenvalue weighted by atomic mass is 15.2. The lowest BCUT2D eigenvalue weighted by Gasteiger charge is -2.26. The van der Waals surface area contributed by atoms with Gasteiger partial charge in [0, 0.05) is 18.3 Å². The minimum absolute atomic E-state index is 0.581. The molecule has 0 bridgehead atoms. The molecule has 2 N–H and O–H groups in total. The lowest BCUT2D eigenvalue weighted by atomic mass is 10.0. The Labute approximate surface area is 92.1 Å². The second kappa shape index (κ2) is 4.23. The van der Waals surface area contributed by atoms with Crippen LogP contribution in [0.25, 0.3) is 0 Å². The molecule has 0 aromatic heterocycles. The zero-order chi connectivity index (χ0) is 10.8. The Bertz CT molecular complexity index is 318. The fourth-order valence-electron chi connectivity index (χ4n) is 2.42. The fraction of sp³-hybridized carbons (Fsp3) is 0.538. The lowest BCUT2D eigenvalue weighted by molar-refractivity contribution is 0.508. The molecule has 1 saturated heterocycles. The average molecular weight is 204 g/mol. The van der Waals surface area contributed by atoms with Crippen LogP contribution in [0.1, 0.15) is 18.9 Å². The van der Waals surface area contributed by atoms with Crippen LogP contribution in [-0.4, -0.2) is 19.1 Å². The predicted octanol–water partition coefficient (Wildman–Crippen LogP) is 2.17. The van der Waals surface area contributed by atoms with Gasteiger partial charge in [0.15, 0.2) is 0 Å². The number of rotatable bonds is 2. The van der Waals surface area contributed by atoms with Crippen molar-refractivity contribution in [2.45, 2.75) is 26.3 Å². The molecule has 2 atom stereocenters. The number of nitrogens with zero attached hydrogens (tertiary/aromatic N) is 1. The van der Waals surface area contributed by atoms with E-state index in [1.165, 1.54) is 17.7 Å². The van der Waals surface area contributed by atoms with E-state index >= 15 is 0 Å². The summed E-state index contributed by atoms with van der Waals surface area (Å²) in [4.78, 5) is 2.47. The molecule has 1 heterocycles. The summed E-state index contributed by atoms with van der Waals surface area (Å²) >= 11 is 0. The molecule has 0 amide bonds. The summed E-state index contributed by atoms with van der Waals surface area (Å²) < 4.78 is 0. The van der Waals surface area contributed by atoms with Gasteiger partial charge in [-0.1, -0.05) is 17.7 Å².